The standard InChI is InChI=1S/C14H13FN2O2/c15-11-6-2-1-4-9(11)13-16-8-12-10(14(18)19)5-3-7-17(12)13/h1-2,4,6,8,10H,3,5,7H2,(H,18,19). The van der Waals surface area contributed by atoms with E-state index in [2.05, 4.69) is 4.98 Å². The van der Waals surface area contributed by atoms with Crippen molar-refractivity contribution in [3.05, 3.63) is 42.0 Å². The van der Waals surface area contributed by atoms with Crippen molar-refractivity contribution in [1.82, 2.24) is 9.55 Å². The van der Waals surface area contributed by atoms with E-state index in [1.54, 1.807) is 24.4 Å². The number of carboxylic acids is 1. The van der Waals surface area contributed by atoms with E-state index in [9.17, 15) is 14.3 Å². The predicted molar refractivity (Wildman–Crippen MR) is 67.2 cm³/mol. The van der Waals surface area contributed by atoms with Crippen LogP contribution in [0.25, 0.3) is 11.4 Å². The van der Waals surface area contributed by atoms with Crippen LogP contribution in [0.1, 0.15) is 24.5 Å². The van der Waals surface area contributed by atoms with Crippen molar-refractivity contribution < 1.29 is 14.3 Å². The first-order valence-electron chi connectivity index (χ1n) is 6.21. The molecule has 1 aliphatic rings. The summed E-state index contributed by atoms with van der Waals surface area (Å²) in [5.74, 6) is -1.21. The topological polar surface area (TPSA) is 55.1 Å². The molecule has 0 aliphatic carbocycles. The van der Waals surface area contributed by atoms with E-state index in [0.29, 0.717) is 30.0 Å². The van der Waals surface area contributed by atoms with Gasteiger partial charge in [0, 0.05) is 12.7 Å². The number of carbonyl (C=O) groups is 1. The Morgan fingerprint density at radius 1 is 1.42 bits per heavy atom. The Morgan fingerprint density at radius 3 is 2.95 bits per heavy atom. The molecule has 1 aliphatic heterocycles. The van der Waals surface area contributed by atoms with E-state index in [1.165, 1.54) is 6.07 Å². The highest BCUT2D eigenvalue weighted by atomic mass is 19.1. The number of benzene rings is 1. The second-order valence-electron chi connectivity index (χ2n) is 4.67. The highest BCUT2D eigenvalue weighted by Crippen LogP contribution is 2.32. The van der Waals surface area contributed by atoms with E-state index >= 15 is 0 Å². The highest BCUT2D eigenvalue weighted by molar-refractivity contribution is 5.76. The maximum atomic E-state index is 13.8. The fourth-order valence-corrected chi connectivity index (χ4v) is 2.61. The van der Waals surface area contributed by atoms with E-state index in [4.69, 9.17) is 0 Å². The first-order valence-corrected chi connectivity index (χ1v) is 6.21. The van der Waals surface area contributed by atoms with Crippen molar-refractivity contribution in [2.45, 2.75) is 25.3 Å². The van der Waals surface area contributed by atoms with Crippen LogP contribution in [0.5, 0.6) is 0 Å². The lowest BCUT2D eigenvalue weighted by Gasteiger charge is -2.22. The summed E-state index contributed by atoms with van der Waals surface area (Å²) in [4.78, 5) is 15.4. The fourth-order valence-electron chi connectivity index (χ4n) is 2.61. The molecule has 2 heterocycles. The van der Waals surface area contributed by atoms with Gasteiger partial charge in [-0.15, -0.1) is 0 Å². The number of aliphatic carboxylic acids is 1. The molecule has 1 unspecified atom stereocenters. The second kappa shape index (κ2) is 4.50. The van der Waals surface area contributed by atoms with Gasteiger partial charge in [0.1, 0.15) is 11.6 Å². The monoisotopic (exact) mass is 260 g/mol. The van der Waals surface area contributed by atoms with Crippen LogP contribution in [0.2, 0.25) is 0 Å². The zero-order valence-corrected chi connectivity index (χ0v) is 10.2. The Labute approximate surface area is 109 Å². The maximum Gasteiger partial charge on any atom is 0.312 e. The Bertz CT molecular complexity index is 636. The molecule has 0 saturated heterocycles. The summed E-state index contributed by atoms with van der Waals surface area (Å²) in [6.07, 6.45) is 2.93. The number of imidazole rings is 1. The van der Waals surface area contributed by atoms with Gasteiger partial charge in [-0.3, -0.25) is 4.79 Å². The lowest BCUT2D eigenvalue weighted by Crippen LogP contribution is -2.21. The summed E-state index contributed by atoms with van der Waals surface area (Å²) in [6, 6.07) is 6.42. The number of aromatic nitrogens is 2. The van der Waals surface area contributed by atoms with Crippen LogP contribution < -0.4 is 0 Å². The smallest absolute Gasteiger partial charge is 0.312 e. The van der Waals surface area contributed by atoms with Crippen LogP contribution in [0.3, 0.4) is 0 Å². The zero-order valence-electron chi connectivity index (χ0n) is 10.2. The normalized spacial score (nSPS) is 18.1. The lowest BCUT2D eigenvalue weighted by atomic mass is 9.96. The van der Waals surface area contributed by atoms with Crippen LogP contribution in [0, 0.1) is 5.82 Å². The molecule has 0 fully saturated rings. The van der Waals surface area contributed by atoms with Gasteiger partial charge < -0.3 is 9.67 Å². The summed E-state index contributed by atoms with van der Waals surface area (Å²) in [5.41, 5.74) is 1.08. The first kappa shape index (κ1) is 11.9. The summed E-state index contributed by atoms with van der Waals surface area (Å²) < 4.78 is 15.6. The highest BCUT2D eigenvalue weighted by Gasteiger charge is 2.29. The van der Waals surface area contributed by atoms with Gasteiger partial charge in [-0.05, 0) is 25.0 Å². The van der Waals surface area contributed by atoms with E-state index in [-0.39, 0.29) is 5.82 Å². The predicted octanol–water partition coefficient (Wildman–Crippen LogP) is 2.65. The van der Waals surface area contributed by atoms with Crippen molar-refractivity contribution in [1.29, 1.82) is 0 Å². The maximum absolute atomic E-state index is 13.8. The number of fused-ring (bicyclic) bond motifs is 1. The average Bonchev–Trinajstić information content (AvgIpc) is 2.82. The Kier molecular flexibility index (Phi) is 2.81. The van der Waals surface area contributed by atoms with Gasteiger partial charge >= 0.3 is 5.97 Å². The number of nitrogens with zero attached hydrogens (tertiary/aromatic N) is 2. The van der Waals surface area contributed by atoms with Crippen molar-refractivity contribution >= 4 is 5.97 Å². The molecule has 98 valence electrons. The molecular weight excluding hydrogens is 247 g/mol. The molecule has 0 radical (unpaired) electrons. The molecule has 1 aromatic carbocycles. The third-order valence-corrected chi connectivity index (χ3v) is 3.53. The zero-order chi connectivity index (χ0) is 13.4. The Balaban J connectivity index is 2.11. The van der Waals surface area contributed by atoms with Crippen molar-refractivity contribution in [3.8, 4) is 11.4 Å². The molecule has 1 atom stereocenters. The molecule has 2 aromatic rings. The minimum atomic E-state index is -0.846. The molecule has 0 bridgehead atoms. The summed E-state index contributed by atoms with van der Waals surface area (Å²) >= 11 is 0. The van der Waals surface area contributed by atoms with E-state index in [0.717, 1.165) is 6.42 Å². The first-order chi connectivity index (χ1) is 9.18. The average molecular weight is 260 g/mol. The van der Waals surface area contributed by atoms with Crippen LogP contribution >= 0.6 is 0 Å². The molecule has 0 spiro atoms. The minimum Gasteiger partial charge on any atom is -0.481 e. The molecule has 1 aromatic heterocycles. The molecule has 0 amide bonds. The van der Waals surface area contributed by atoms with Crippen LogP contribution in [0.15, 0.2) is 30.5 Å². The molecule has 4 nitrogen and oxygen atoms in total. The summed E-state index contributed by atoms with van der Waals surface area (Å²) in [7, 11) is 0. The van der Waals surface area contributed by atoms with Crippen LogP contribution in [-0.4, -0.2) is 20.6 Å². The quantitative estimate of drug-likeness (QED) is 0.903. The van der Waals surface area contributed by atoms with Crippen molar-refractivity contribution in [2.75, 3.05) is 0 Å². The summed E-state index contributed by atoms with van der Waals surface area (Å²) in [5, 5.41) is 9.20. The third-order valence-electron chi connectivity index (χ3n) is 3.53. The van der Waals surface area contributed by atoms with Crippen molar-refractivity contribution in [3.63, 3.8) is 0 Å². The number of hydrogen-bond acceptors (Lipinski definition) is 2. The second-order valence-corrected chi connectivity index (χ2v) is 4.67. The Morgan fingerprint density at radius 2 is 2.21 bits per heavy atom. The van der Waals surface area contributed by atoms with Gasteiger partial charge in [0.25, 0.3) is 0 Å². The van der Waals surface area contributed by atoms with Crippen LogP contribution in [-0.2, 0) is 11.3 Å². The van der Waals surface area contributed by atoms with Gasteiger partial charge in [0.15, 0.2) is 0 Å². The molecule has 1 N–H and O–H groups in total. The Hall–Kier alpha value is -2.17. The van der Waals surface area contributed by atoms with Gasteiger partial charge in [-0.1, -0.05) is 12.1 Å². The summed E-state index contributed by atoms with van der Waals surface area (Å²) in [6.45, 7) is 0.683. The number of halogens is 1. The number of hydrogen-bond donors (Lipinski definition) is 1. The molecule has 3 rings (SSSR count). The van der Waals surface area contributed by atoms with Crippen LogP contribution in [0.4, 0.5) is 4.39 Å². The minimum absolute atomic E-state index is 0.339. The SMILES string of the molecule is O=C(O)C1CCCn2c1cnc2-c1ccccc1F. The molecule has 0 saturated carbocycles. The molecule has 19 heavy (non-hydrogen) atoms. The lowest BCUT2D eigenvalue weighted by molar-refractivity contribution is -0.139. The van der Waals surface area contributed by atoms with Gasteiger partial charge in [-0.2, -0.15) is 0 Å². The molecule has 5 heteroatoms. The van der Waals surface area contributed by atoms with Gasteiger partial charge in [0.2, 0.25) is 0 Å². The molecular formula is C14H13FN2O2. The van der Waals surface area contributed by atoms with Crippen molar-refractivity contribution in [2.24, 2.45) is 0 Å². The van der Waals surface area contributed by atoms with E-state index < -0.39 is 11.9 Å². The number of carboxylic acid groups (broad SMARTS) is 1. The van der Waals surface area contributed by atoms with E-state index in [1.807, 2.05) is 4.57 Å². The number of rotatable bonds is 2. The van der Waals surface area contributed by atoms with Gasteiger partial charge in [0.05, 0.1) is 17.2 Å². The van der Waals surface area contributed by atoms with Gasteiger partial charge in [-0.25, -0.2) is 9.37 Å². The third kappa shape index (κ3) is 1.91. The largest absolute Gasteiger partial charge is 0.481 e. The fraction of sp³-hybridized carbons (Fsp3) is 0.286.